The van der Waals surface area contributed by atoms with Crippen molar-refractivity contribution in [3.05, 3.63) is 89.3 Å². The van der Waals surface area contributed by atoms with E-state index >= 15 is 0 Å². The van der Waals surface area contributed by atoms with Crippen molar-refractivity contribution in [2.75, 3.05) is 17.3 Å². The number of likely N-dealkylation sites (N-methyl/N-ethyl adjacent to an activating group) is 1. The molecule has 170 valence electrons. The van der Waals surface area contributed by atoms with Gasteiger partial charge in [-0.2, -0.15) is 0 Å². The van der Waals surface area contributed by atoms with Crippen LogP contribution < -0.4 is 15.0 Å². The molecular formula is C27H23N3O3S. The Morgan fingerprint density at radius 3 is 2.56 bits per heavy atom. The minimum absolute atomic E-state index is 0.0735. The first kappa shape index (κ1) is 21.9. The lowest BCUT2D eigenvalue weighted by molar-refractivity contribution is -0.121. The fourth-order valence-electron chi connectivity index (χ4n) is 4.09. The third kappa shape index (κ3) is 3.95. The molecule has 1 aliphatic heterocycles. The van der Waals surface area contributed by atoms with Gasteiger partial charge in [-0.05, 0) is 61.9 Å². The van der Waals surface area contributed by atoms with E-state index in [9.17, 15) is 9.59 Å². The van der Waals surface area contributed by atoms with Gasteiger partial charge in [-0.15, -0.1) is 11.3 Å². The minimum atomic E-state index is -0.583. The second-order valence-corrected chi connectivity index (χ2v) is 9.51. The van der Waals surface area contributed by atoms with Gasteiger partial charge in [0.25, 0.3) is 5.91 Å². The summed E-state index contributed by atoms with van der Waals surface area (Å²) in [4.78, 5) is 31.7. The van der Waals surface area contributed by atoms with Crippen LogP contribution in [0.4, 0.5) is 10.8 Å². The molecule has 2 heterocycles. The maximum Gasteiger partial charge on any atom is 0.257 e. The minimum Gasteiger partial charge on any atom is -0.457 e. The predicted octanol–water partition coefficient (Wildman–Crippen LogP) is 6.11. The number of aromatic nitrogens is 1. The summed E-state index contributed by atoms with van der Waals surface area (Å²) in [6, 6.07) is 22.4. The van der Waals surface area contributed by atoms with E-state index in [0.717, 1.165) is 22.5 Å². The van der Waals surface area contributed by atoms with E-state index in [-0.39, 0.29) is 11.8 Å². The summed E-state index contributed by atoms with van der Waals surface area (Å²) < 4.78 is 5.83. The number of carbonyl (C=O) groups excluding carboxylic acids is 2. The van der Waals surface area contributed by atoms with Gasteiger partial charge in [0.15, 0.2) is 5.13 Å². The molecule has 34 heavy (non-hydrogen) atoms. The highest BCUT2D eigenvalue weighted by atomic mass is 32.1. The molecule has 0 atom stereocenters. The van der Waals surface area contributed by atoms with Gasteiger partial charge < -0.3 is 9.64 Å². The molecule has 0 spiro atoms. The highest BCUT2D eigenvalue weighted by Crippen LogP contribution is 2.42. The highest BCUT2D eigenvalue weighted by molar-refractivity contribution is 7.14. The largest absolute Gasteiger partial charge is 0.457 e. The summed E-state index contributed by atoms with van der Waals surface area (Å²) >= 11 is 1.36. The lowest BCUT2D eigenvalue weighted by atomic mass is 9.85. The topological polar surface area (TPSA) is 71.5 Å². The summed E-state index contributed by atoms with van der Waals surface area (Å²) in [5.41, 5.74) is 3.45. The molecule has 1 aliphatic rings. The van der Waals surface area contributed by atoms with E-state index in [1.54, 1.807) is 30.1 Å². The zero-order valence-corrected chi connectivity index (χ0v) is 19.8. The number of benzene rings is 3. The van der Waals surface area contributed by atoms with E-state index in [1.165, 1.54) is 11.3 Å². The van der Waals surface area contributed by atoms with Crippen LogP contribution in [0.15, 0.2) is 78.2 Å². The van der Waals surface area contributed by atoms with Crippen molar-refractivity contribution in [1.29, 1.82) is 0 Å². The number of hydrogen-bond donors (Lipinski definition) is 1. The molecule has 3 aromatic carbocycles. The molecule has 1 aromatic heterocycles. The maximum absolute atomic E-state index is 12.8. The van der Waals surface area contributed by atoms with Crippen molar-refractivity contribution in [3.63, 3.8) is 0 Å². The van der Waals surface area contributed by atoms with Crippen LogP contribution >= 0.6 is 11.3 Å². The maximum atomic E-state index is 12.8. The van der Waals surface area contributed by atoms with Crippen molar-refractivity contribution in [2.24, 2.45) is 0 Å². The lowest BCUT2D eigenvalue weighted by Gasteiger charge is -2.16. The van der Waals surface area contributed by atoms with Gasteiger partial charge in [-0.1, -0.05) is 30.3 Å². The number of carbonyl (C=O) groups is 2. The number of fused-ring (bicyclic) bond motifs is 1. The first-order valence-corrected chi connectivity index (χ1v) is 11.7. The molecule has 0 saturated heterocycles. The molecule has 6 nitrogen and oxygen atoms in total. The predicted molar refractivity (Wildman–Crippen MR) is 135 cm³/mol. The Labute approximate surface area is 201 Å². The molecule has 7 heteroatoms. The fraction of sp³-hybridized carbons (Fsp3) is 0.148. The number of anilines is 2. The molecule has 2 amide bonds. The molecule has 0 fully saturated rings. The number of hydrogen-bond acceptors (Lipinski definition) is 5. The average Bonchev–Trinajstić information content (AvgIpc) is 3.37. The second kappa shape index (κ2) is 8.43. The van der Waals surface area contributed by atoms with Crippen molar-refractivity contribution in [2.45, 2.75) is 19.3 Å². The van der Waals surface area contributed by atoms with Crippen LogP contribution in [0.5, 0.6) is 11.5 Å². The molecule has 0 bridgehead atoms. The number of thiazole rings is 1. The Hall–Kier alpha value is -3.97. The zero-order chi connectivity index (χ0) is 23.9. The molecule has 0 unspecified atom stereocenters. The number of para-hydroxylation sites is 1. The summed E-state index contributed by atoms with van der Waals surface area (Å²) in [5.74, 6) is 1.10. The van der Waals surface area contributed by atoms with Gasteiger partial charge in [0.05, 0.1) is 11.1 Å². The molecular weight excluding hydrogens is 446 g/mol. The van der Waals surface area contributed by atoms with Crippen LogP contribution in [0.3, 0.4) is 0 Å². The molecule has 0 saturated carbocycles. The number of nitrogens with zero attached hydrogens (tertiary/aromatic N) is 2. The number of rotatable bonds is 5. The standard InChI is InChI=1S/C27H23N3O3S/c1-27(2)21-15-17(12-13-23(21)30(3)25(27)32)22-16-34-26(28-22)29-24(31)18-8-7-11-20(14-18)33-19-9-5-4-6-10-19/h4-16H,1-3H3,(H,28,29,31). The Morgan fingerprint density at radius 2 is 1.76 bits per heavy atom. The van der Waals surface area contributed by atoms with Crippen LogP contribution in [-0.4, -0.2) is 23.8 Å². The lowest BCUT2D eigenvalue weighted by Crippen LogP contribution is -2.33. The Bertz CT molecular complexity index is 1400. The quantitative estimate of drug-likeness (QED) is 0.383. The first-order valence-electron chi connectivity index (χ1n) is 10.9. The highest BCUT2D eigenvalue weighted by Gasteiger charge is 2.42. The number of amides is 2. The first-order chi connectivity index (χ1) is 16.3. The van der Waals surface area contributed by atoms with Crippen LogP contribution in [0.1, 0.15) is 29.8 Å². The van der Waals surface area contributed by atoms with E-state index in [1.807, 2.05) is 73.8 Å². The van der Waals surface area contributed by atoms with E-state index in [0.29, 0.717) is 22.2 Å². The van der Waals surface area contributed by atoms with Crippen LogP contribution in [0.25, 0.3) is 11.3 Å². The number of nitrogens with one attached hydrogen (secondary N) is 1. The molecule has 1 N–H and O–H groups in total. The van der Waals surface area contributed by atoms with Crippen molar-refractivity contribution < 1.29 is 14.3 Å². The van der Waals surface area contributed by atoms with Crippen LogP contribution in [0, 0.1) is 0 Å². The SMILES string of the molecule is CN1C(=O)C(C)(C)c2cc(-c3csc(NC(=O)c4cccc(Oc5ccccc5)c4)n3)ccc21. The van der Waals surface area contributed by atoms with E-state index < -0.39 is 5.41 Å². The third-order valence-electron chi connectivity index (χ3n) is 5.97. The van der Waals surface area contributed by atoms with Gasteiger partial charge >= 0.3 is 0 Å². The summed E-state index contributed by atoms with van der Waals surface area (Å²) in [5, 5.41) is 5.28. The van der Waals surface area contributed by atoms with Crippen LogP contribution in [0.2, 0.25) is 0 Å². The average molecular weight is 470 g/mol. The van der Waals surface area contributed by atoms with Crippen LogP contribution in [-0.2, 0) is 10.2 Å². The monoisotopic (exact) mass is 469 g/mol. The van der Waals surface area contributed by atoms with Crippen molar-refractivity contribution in [1.82, 2.24) is 4.98 Å². The fourth-order valence-corrected chi connectivity index (χ4v) is 4.81. The number of ether oxygens (including phenoxy) is 1. The zero-order valence-electron chi connectivity index (χ0n) is 19.0. The smallest absolute Gasteiger partial charge is 0.257 e. The molecule has 4 aromatic rings. The second-order valence-electron chi connectivity index (χ2n) is 8.66. The molecule has 0 aliphatic carbocycles. The van der Waals surface area contributed by atoms with E-state index in [4.69, 9.17) is 4.74 Å². The van der Waals surface area contributed by atoms with Crippen molar-refractivity contribution in [3.8, 4) is 22.8 Å². The normalized spacial score (nSPS) is 14.1. The van der Waals surface area contributed by atoms with E-state index in [2.05, 4.69) is 10.3 Å². The Kier molecular flexibility index (Phi) is 5.42. The Balaban J connectivity index is 1.33. The summed E-state index contributed by atoms with van der Waals surface area (Å²) in [7, 11) is 1.80. The molecule has 0 radical (unpaired) electrons. The summed E-state index contributed by atoms with van der Waals surface area (Å²) in [6.07, 6.45) is 0. The molecule has 5 rings (SSSR count). The van der Waals surface area contributed by atoms with Gasteiger partial charge in [0.1, 0.15) is 11.5 Å². The Morgan fingerprint density at radius 1 is 1.00 bits per heavy atom. The van der Waals surface area contributed by atoms with Gasteiger partial charge in [-0.25, -0.2) is 4.98 Å². The van der Waals surface area contributed by atoms with Crippen molar-refractivity contribution >= 4 is 34.0 Å². The van der Waals surface area contributed by atoms with Gasteiger partial charge in [0.2, 0.25) is 5.91 Å². The third-order valence-corrected chi connectivity index (χ3v) is 6.72. The van der Waals surface area contributed by atoms with Gasteiger partial charge in [0, 0.05) is 29.2 Å². The summed E-state index contributed by atoms with van der Waals surface area (Å²) in [6.45, 7) is 3.87. The van der Waals surface area contributed by atoms with Gasteiger partial charge in [-0.3, -0.25) is 14.9 Å².